The number of aromatic nitrogens is 1. The number of thiol groups is 1. The number of aromatic carboxylic acids is 1. The highest BCUT2D eigenvalue weighted by Crippen LogP contribution is 2.41. The number of carboxylic acid groups (broad SMARTS) is 1. The Kier molecular flexibility index (Phi) is 7.11. The van der Waals surface area contributed by atoms with Crippen LogP contribution in [0.5, 0.6) is 5.75 Å². The van der Waals surface area contributed by atoms with Crippen molar-refractivity contribution in [3.8, 4) is 28.3 Å². The molecule has 0 radical (unpaired) electrons. The van der Waals surface area contributed by atoms with Crippen molar-refractivity contribution in [1.29, 1.82) is 0 Å². The predicted octanol–water partition coefficient (Wildman–Crippen LogP) is 3.72. The van der Waals surface area contributed by atoms with Gasteiger partial charge in [0.15, 0.2) is 11.4 Å². The van der Waals surface area contributed by atoms with Crippen LogP contribution in [0.4, 0.5) is 10.1 Å². The van der Waals surface area contributed by atoms with Crippen LogP contribution in [0.15, 0.2) is 52.9 Å². The van der Waals surface area contributed by atoms with Gasteiger partial charge in [0.05, 0.1) is 24.1 Å². The molecule has 37 heavy (non-hydrogen) atoms. The van der Waals surface area contributed by atoms with Gasteiger partial charge in [-0.05, 0) is 49.4 Å². The molecule has 192 valence electrons. The molecule has 0 aliphatic heterocycles. The summed E-state index contributed by atoms with van der Waals surface area (Å²) < 4.78 is 49.9. The van der Waals surface area contributed by atoms with Crippen LogP contribution < -0.4 is 14.4 Å². The molecule has 2 aromatic carbocycles. The first-order valence-electron chi connectivity index (χ1n) is 11.0. The first-order valence-corrected chi connectivity index (χ1v) is 12.1. The number of carboxylic acids is 1. The van der Waals surface area contributed by atoms with Gasteiger partial charge < -0.3 is 19.6 Å². The van der Waals surface area contributed by atoms with E-state index in [-0.39, 0.29) is 51.8 Å². The quantitative estimate of drug-likeness (QED) is 0.295. The van der Waals surface area contributed by atoms with Crippen molar-refractivity contribution >= 4 is 39.4 Å². The molecule has 0 saturated carbocycles. The zero-order valence-electron chi connectivity index (χ0n) is 19.9. The maximum absolute atomic E-state index is 13.5. The van der Waals surface area contributed by atoms with E-state index < -0.39 is 28.6 Å². The summed E-state index contributed by atoms with van der Waals surface area (Å²) in [6.07, 6.45) is 0. The molecule has 4 rings (SSSR count). The van der Waals surface area contributed by atoms with Crippen LogP contribution in [0, 0.1) is 5.82 Å². The fourth-order valence-electron chi connectivity index (χ4n) is 3.99. The molecule has 1 amide bonds. The van der Waals surface area contributed by atoms with E-state index in [1.807, 2.05) is 0 Å². The summed E-state index contributed by atoms with van der Waals surface area (Å²) in [6.45, 7) is 1.69. The number of pyridine rings is 1. The topological polar surface area (TPSA) is 139 Å². The summed E-state index contributed by atoms with van der Waals surface area (Å²) in [7, 11) is -0.348. The van der Waals surface area contributed by atoms with E-state index in [0.717, 1.165) is 4.31 Å². The van der Waals surface area contributed by atoms with Gasteiger partial charge >= 0.3 is 5.97 Å². The van der Waals surface area contributed by atoms with Gasteiger partial charge in [0, 0.05) is 36.2 Å². The van der Waals surface area contributed by atoms with Crippen molar-refractivity contribution < 1.29 is 36.7 Å². The van der Waals surface area contributed by atoms with Gasteiger partial charge in [-0.2, -0.15) is 0 Å². The molecule has 0 unspecified atom stereocenters. The lowest BCUT2D eigenvalue weighted by Gasteiger charge is -2.19. The van der Waals surface area contributed by atoms with Crippen molar-refractivity contribution in [3.05, 3.63) is 65.6 Å². The lowest BCUT2D eigenvalue weighted by atomic mass is 10.0. The Balaban J connectivity index is 2.09. The predicted molar refractivity (Wildman–Crippen MR) is 135 cm³/mol. The van der Waals surface area contributed by atoms with Crippen molar-refractivity contribution in [1.82, 2.24) is 10.3 Å². The molecular weight excluding hydrogens is 505 g/mol. The smallest absolute Gasteiger partial charge is 0.358 e. The Hall–Kier alpha value is -4.45. The number of rotatable bonds is 8. The van der Waals surface area contributed by atoms with Gasteiger partial charge in [-0.25, -0.2) is 22.6 Å². The minimum absolute atomic E-state index is 0.0223. The van der Waals surface area contributed by atoms with Crippen LogP contribution in [-0.4, -0.2) is 51.1 Å². The van der Waals surface area contributed by atoms with Crippen LogP contribution in [0.2, 0.25) is 0 Å². The van der Waals surface area contributed by atoms with Gasteiger partial charge in [0.1, 0.15) is 17.2 Å². The molecule has 0 saturated heterocycles. The highest BCUT2D eigenvalue weighted by atomic mass is 32.2. The second-order valence-electron chi connectivity index (χ2n) is 7.76. The molecule has 2 heterocycles. The van der Waals surface area contributed by atoms with E-state index in [1.54, 1.807) is 6.92 Å². The van der Waals surface area contributed by atoms with Gasteiger partial charge in [-0.1, -0.05) is 0 Å². The van der Waals surface area contributed by atoms with Crippen LogP contribution in [0.25, 0.3) is 33.6 Å². The second-order valence-corrected chi connectivity index (χ2v) is 8.72. The third-order valence-corrected chi connectivity index (χ3v) is 6.59. The molecule has 0 atom stereocenters. The molecule has 0 aliphatic carbocycles. The number of hydrogen-bond acceptors (Lipinski definition) is 7. The summed E-state index contributed by atoms with van der Waals surface area (Å²) in [5.74, 6) is -2.12. The number of carbonyl (C=O) groups is 2. The van der Waals surface area contributed by atoms with E-state index in [0.29, 0.717) is 10.9 Å². The largest absolute Gasteiger partial charge is 0.494 e. The number of anilines is 1. The first kappa shape index (κ1) is 25.6. The number of fused-ring (bicyclic) bond motifs is 1. The molecule has 2 aromatic heterocycles. The summed E-state index contributed by atoms with van der Waals surface area (Å²) in [5, 5.41) is 12.5. The molecule has 0 bridgehead atoms. The minimum atomic E-state index is -3.09. The number of ether oxygens (including phenoxy) is 1. The number of benzene rings is 2. The summed E-state index contributed by atoms with van der Waals surface area (Å²) >= 11 is 0. The molecule has 0 spiro atoms. The number of methoxy groups -OCH3 is 1. The van der Waals surface area contributed by atoms with Gasteiger partial charge in [-0.15, -0.1) is 0 Å². The van der Waals surface area contributed by atoms with Crippen molar-refractivity contribution in [2.75, 3.05) is 25.0 Å². The van der Waals surface area contributed by atoms with E-state index in [9.17, 15) is 27.5 Å². The van der Waals surface area contributed by atoms with Crippen molar-refractivity contribution in [2.24, 2.45) is 0 Å². The minimum Gasteiger partial charge on any atom is -0.494 e. The Morgan fingerprint density at radius 1 is 1.16 bits per heavy atom. The number of hydrogen-bond donors (Lipinski definition) is 3. The third kappa shape index (κ3) is 4.70. The Morgan fingerprint density at radius 3 is 2.43 bits per heavy atom. The maximum atomic E-state index is 13.5. The molecule has 12 heteroatoms. The average Bonchev–Trinajstić information content (AvgIpc) is 3.26. The Labute approximate surface area is 212 Å². The average molecular weight is 528 g/mol. The monoisotopic (exact) mass is 527 g/mol. The van der Waals surface area contributed by atoms with Crippen LogP contribution in [0.1, 0.15) is 27.8 Å². The number of nitrogens with one attached hydrogen (secondary N) is 1. The molecule has 2 N–H and O–H groups in total. The lowest BCUT2D eigenvalue weighted by molar-refractivity contribution is 0.0686. The molecule has 0 fully saturated rings. The number of furan rings is 1. The first-order chi connectivity index (χ1) is 17.7. The van der Waals surface area contributed by atoms with Gasteiger partial charge in [0.2, 0.25) is 10.9 Å². The van der Waals surface area contributed by atoms with Gasteiger partial charge in [0.25, 0.3) is 5.91 Å². The third-order valence-electron chi connectivity index (χ3n) is 5.70. The molecule has 4 aromatic rings. The fourth-order valence-corrected chi connectivity index (χ4v) is 4.57. The zero-order valence-corrected chi connectivity index (χ0v) is 20.8. The second kappa shape index (κ2) is 10.3. The van der Waals surface area contributed by atoms with Crippen LogP contribution in [-0.2, 0) is 10.9 Å². The van der Waals surface area contributed by atoms with Gasteiger partial charge in [-0.3, -0.25) is 9.10 Å². The van der Waals surface area contributed by atoms with Crippen LogP contribution >= 0.6 is 0 Å². The fraction of sp³-hybridized carbons (Fsp3) is 0.160. The van der Waals surface area contributed by atoms with Crippen molar-refractivity contribution in [3.63, 3.8) is 0 Å². The zero-order chi connectivity index (χ0) is 26.9. The Morgan fingerprint density at radius 2 is 1.86 bits per heavy atom. The standard InChI is InChI=1S/C25H22FN3O7S/c1-4-29(37(33)34)18-12-20-16(11-15(18)17-9-10-19(35-3)22(28-17)25(31)32)21(24(30)27-2)23(36-20)13-5-7-14(26)8-6-13/h5-12,37H,4H2,1-3H3,(H,27,30)(H,31,32). The Bertz CT molecular complexity index is 1590. The van der Waals surface area contributed by atoms with E-state index in [2.05, 4.69) is 10.3 Å². The summed E-state index contributed by atoms with van der Waals surface area (Å²) in [4.78, 5) is 28.9. The molecule has 0 aliphatic rings. The van der Waals surface area contributed by atoms with Crippen molar-refractivity contribution in [2.45, 2.75) is 6.92 Å². The van der Waals surface area contributed by atoms with Crippen LogP contribution in [0.3, 0.4) is 0 Å². The highest BCUT2D eigenvalue weighted by Gasteiger charge is 2.26. The summed E-state index contributed by atoms with van der Waals surface area (Å²) in [6, 6.07) is 11.2. The highest BCUT2D eigenvalue weighted by molar-refractivity contribution is 7.74. The van der Waals surface area contributed by atoms with E-state index >= 15 is 0 Å². The van der Waals surface area contributed by atoms with E-state index in [1.165, 1.54) is 62.7 Å². The molecule has 10 nitrogen and oxygen atoms in total. The number of nitrogens with zero attached hydrogens (tertiary/aromatic N) is 2. The number of halogens is 1. The van der Waals surface area contributed by atoms with E-state index in [4.69, 9.17) is 9.15 Å². The molecular formula is C25H22FN3O7S. The number of amides is 1. The maximum Gasteiger partial charge on any atom is 0.358 e. The summed E-state index contributed by atoms with van der Waals surface area (Å²) in [5.41, 5.74) is 0.942. The normalized spacial score (nSPS) is 11.1. The SMILES string of the molecule is CCN(c1cc2oc(-c3ccc(F)cc3)c(C(=O)NC)c2cc1-c1ccc(OC)c(C(=O)O)n1)[SH](=O)=O. The number of carbonyl (C=O) groups excluding carboxylic acids is 1. The lowest BCUT2D eigenvalue weighted by Crippen LogP contribution is -2.21.